The summed E-state index contributed by atoms with van der Waals surface area (Å²) in [5.41, 5.74) is 2.29. The predicted molar refractivity (Wildman–Crippen MR) is 131 cm³/mol. The first-order chi connectivity index (χ1) is 16.2. The Labute approximate surface area is 196 Å². The van der Waals surface area contributed by atoms with Crippen molar-refractivity contribution >= 4 is 28.3 Å². The number of carbonyl (C=O) groups is 1. The number of hydrogen-bond acceptors (Lipinski definition) is 6. The minimum absolute atomic E-state index is 0.00595. The van der Waals surface area contributed by atoms with Crippen LogP contribution in [0, 0.1) is 11.3 Å². The molecule has 1 N–H and O–H groups in total. The summed E-state index contributed by atoms with van der Waals surface area (Å²) in [5, 5.41) is 20.4. The summed E-state index contributed by atoms with van der Waals surface area (Å²) in [7, 11) is 0. The zero-order chi connectivity index (χ0) is 23.5. The van der Waals surface area contributed by atoms with Gasteiger partial charge in [0.05, 0.1) is 32.0 Å². The van der Waals surface area contributed by atoms with Crippen molar-refractivity contribution < 1.29 is 19.4 Å². The summed E-state index contributed by atoms with van der Waals surface area (Å²) in [5.74, 6) is -0.173. The zero-order valence-corrected chi connectivity index (χ0v) is 19.5. The van der Waals surface area contributed by atoms with Gasteiger partial charge < -0.3 is 19.5 Å². The van der Waals surface area contributed by atoms with Crippen molar-refractivity contribution in [3.8, 4) is 6.07 Å². The van der Waals surface area contributed by atoms with Crippen LogP contribution in [0.5, 0.6) is 0 Å². The summed E-state index contributed by atoms with van der Waals surface area (Å²) < 4.78 is 10.5. The Hall–Kier alpha value is -2.72. The van der Waals surface area contributed by atoms with E-state index in [0.29, 0.717) is 38.9 Å². The third-order valence-electron chi connectivity index (χ3n) is 6.06. The molecule has 1 heterocycles. The molecule has 0 aromatic heterocycles. The fourth-order valence-corrected chi connectivity index (χ4v) is 4.32. The number of carbonyl (C=O) groups excluding carboxylic acids is 1. The van der Waals surface area contributed by atoms with Gasteiger partial charge in [-0.05, 0) is 66.3 Å². The van der Waals surface area contributed by atoms with Crippen LogP contribution < -0.4 is 4.90 Å². The molecule has 0 amide bonds. The van der Waals surface area contributed by atoms with Gasteiger partial charge in [0.15, 0.2) is 5.78 Å². The van der Waals surface area contributed by atoms with Gasteiger partial charge in [0.2, 0.25) is 0 Å². The van der Waals surface area contributed by atoms with E-state index in [0.717, 1.165) is 29.3 Å². The highest BCUT2D eigenvalue weighted by atomic mass is 16.5. The maximum atomic E-state index is 12.5. The van der Waals surface area contributed by atoms with Crippen molar-refractivity contribution in [2.45, 2.75) is 45.1 Å². The Kier molecular flexibility index (Phi) is 9.89. The lowest BCUT2D eigenvalue weighted by Crippen LogP contribution is -2.28. The molecule has 0 saturated carbocycles. The maximum Gasteiger partial charge on any atom is 0.173 e. The van der Waals surface area contributed by atoms with Gasteiger partial charge in [-0.3, -0.25) is 4.79 Å². The molecule has 6 heteroatoms. The Balaban J connectivity index is 1.58. The topological polar surface area (TPSA) is 82.8 Å². The molecule has 1 aliphatic heterocycles. The SMILES string of the molecule is CCC1CCCN1c1ccc2cc(/C=C(\C#N)C(=O)CCCOCCOCCO)ccc2c1. The van der Waals surface area contributed by atoms with Crippen molar-refractivity contribution in [2.75, 3.05) is 44.5 Å². The number of aliphatic hydroxyl groups excluding tert-OH is 1. The molecule has 0 bridgehead atoms. The van der Waals surface area contributed by atoms with E-state index >= 15 is 0 Å². The Morgan fingerprint density at radius 3 is 2.67 bits per heavy atom. The number of ketones is 1. The average Bonchev–Trinajstić information content (AvgIpc) is 3.32. The molecule has 0 radical (unpaired) electrons. The first-order valence-corrected chi connectivity index (χ1v) is 11.9. The van der Waals surface area contributed by atoms with Crippen LogP contribution in [0.4, 0.5) is 5.69 Å². The summed E-state index contributed by atoms with van der Waals surface area (Å²) in [6.45, 7) is 4.92. The molecule has 1 fully saturated rings. The van der Waals surface area contributed by atoms with Gasteiger partial charge in [-0.15, -0.1) is 0 Å². The molecule has 33 heavy (non-hydrogen) atoms. The van der Waals surface area contributed by atoms with Crippen LogP contribution in [0.15, 0.2) is 42.0 Å². The van der Waals surface area contributed by atoms with Gasteiger partial charge in [-0.25, -0.2) is 0 Å². The Morgan fingerprint density at radius 2 is 1.91 bits per heavy atom. The second kappa shape index (κ2) is 13.1. The standard InChI is InChI=1S/C27H34N2O4/c1-2-25-5-3-11-29(25)26-10-9-22-17-21(7-8-23(22)19-26)18-24(20-28)27(31)6-4-13-32-15-16-33-14-12-30/h7-10,17-19,25,30H,2-6,11-16H2,1H3/b24-18+. The van der Waals surface area contributed by atoms with Crippen LogP contribution in [0.25, 0.3) is 16.8 Å². The number of hydrogen-bond donors (Lipinski definition) is 1. The van der Waals surface area contributed by atoms with Crippen LogP contribution in [-0.2, 0) is 14.3 Å². The van der Waals surface area contributed by atoms with Gasteiger partial charge in [0.25, 0.3) is 0 Å². The fraction of sp³-hybridized carbons (Fsp3) is 0.481. The van der Waals surface area contributed by atoms with Gasteiger partial charge in [-0.2, -0.15) is 5.26 Å². The molecule has 176 valence electrons. The maximum absolute atomic E-state index is 12.5. The Morgan fingerprint density at radius 1 is 1.15 bits per heavy atom. The fourth-order valence-electron chi connectivity index (χ4n) is 4.32. The molecule has 1 aliphatic rings. The van der Waals surface area contributed by atoms with E-state index in [1.165, 1.54) is 18.5 Å². The monoisotopic (exact) mass is 450 g/mol. The van der Waals surface area contributed by atoms with Gasteiger partial charge in [-0.1, -0.05) is 25.1 Å². The van der Waals surface area contributed by atoms with Crippen molar-refractivity contribution in [1.29, 1.82) is 5.26 Å². The summed E-state index contributed by atoms with van der Waals surface area (Å²) in [4.78, 5) is 15.0. The lowest BCUT2D eigenvalue weighted by molar-refractivity contribution is -0.115. The van der Waals surface area contributed by atoms with Crippen LogP contribution in [-0.4, -0.2) is 56.5 Å². The number of Topliss-reactive ketones (excluding diaryl/α,β-unsaturated/α-hetero) is 1. The van der Waals surface area contributed by atoms with Crippen molar-refractivity contribution in [1.82, 2.24) is 0 Å². The second-order valence-corrected chi connectivity index (χ2v) is 8.33. The smallest absolute Gasteiger partial charge is 0.173 e. The molecule has 3 rings (SSSR count). The first-order valence-electron chi connectivity index (χ1n) is 11.9. The van der Waals surface area contributed by atoms with E-state index in [2.05, 4.69) is 42.2 Å². The summed E-state index contributed by atoms with van der Waals surface area (Å²) in [6, 6.07) is 15.3. The number of nitriles is 1. The quantitative estimate of drug-likeness (QED) is 0.275. The first kappa shape index (κ1) is 24.9. The van der Waals surface area contributed by atoms with E-state index < -0.39 is 0 Å². The molecular formula is C27H34N2O4. The highest BCUT2D eigenvalue weighted by Gasteiger charge is 2.23. The number of ether oxygens (including phenoxy) is 2. The molecule has 0 aliphatic carbocycles. The number of fused-ring (bicyclic) bond motifs is 1. The molecule has 6 nitrogen and oxygen atoms in total. The predicted octanol–water partition coefficient (Wildman–Crippen LogP) is 4.50. The van der Waals surface area contributed by atoms with E-state index in [1.54, 1.807) is 6.08 Å². The molecule has 2 aromatic rings. The second-order valence-electron chi connectivity index (χ2n) is 8.33. The molecule has 0 spiro atoms. The molecule has 1 unspecified atom stereocenters. The third-order valence-corrected chi connectivity index (χ3v) is 6.06. The van der Waals surface area contributed by atoms with Gasteiger partial charge in [0, 0.05) is 31.3 Å². The number of rotatable bonds is 13. The summed E-state index contributed by atoms with van der Waals surface area (Å²) in [6.07, 6.45) is 6.16. The number of nitrogens with zero attached hydrogens (tertiary/aromatic N) is 2. The zero-order valence-electron chi connectivity index (χ0n) is 19.5. The molecule has 2 aromatic carbocycles. The highest BCUT2D eigenvalue weighted by molar-refractivity contribution is 6.03. The molecule has 1 saturated heterocycles. The molecular weight excluding hydrogens is 416 g/mol. The third kappa shape index (κ3) is 7.13. The van der Waals surface area contributed by atoms with Crippen LogP contribution in [0.1, 0.15) is 44.6 Å². The van der Waals surface area contributed by atoms with Crippen LogP contribution >= 0.6 is 0 Å². The van der Waals surface area contributed by atoms with Gasteiger partial charge in [0.1, 0.15) is 6.07 Å². The van der Waals surface area contributed by atoms with E-state index in [9.17, 15) is 10.1 Å². The van der Waals surface area contributed by atoms with Crippen LogP contribution in [0.2, 0.25) is 0 Å². The number of anilines is 1. The van der Waals surface area contributed by atoms with Crippen molar-refractivity contribution in [3.05, 3.63) is 47.5 Å². The van der Waals surface area contributed by atoms with E-state index in [4.69, 9.17) is 14.6 Å². The number of allylic oxidation sites excluding steroid dienone is 1. The lowest BCUT2D eigenvalue weighted by atomic mass is 10.0. The van der Waals surface area contributed by atoms with Crippen LogP contribution in [0.3, 0.4) is 0 Å². The largest absolute Gasteiger partial charge is 0.394 e. The normalized spacial score (nSPS) is 16.3. The Bertz CT molecular complexity index is 995. The van der Waals surface area contributed by atoms with E-state index in [-0.39, 0.29) is 24.4 Å². The molecule has 1 atom stereocenters. The van der Waals surface area contributed by atoms with Crippen molar-refractivity contribution in [3.63, 3.8) is 0 Å². The lowest BCUT2D eigenvalue weighted by Gasteiger charge is -2.26. The number of aliphatic hydroxyl groups is 1. The minimum atomic E-state index is -0.173. The summed E-state index contributed by atoms with van der Waals surface area (Å²) >= 11 is 0. The highest BCUT2D eigenvalue weighted by Crippen LogP contribution is 2.30. The number of benzene rings is 2. The average molecular weight is 451 g/mol. The van der Waals surface area contributed by atoms with Crippen molar-refractivity contribution in [2.24, 2.45) is 0 Å². The minimum Gasteiger partial charge on any atom is -0.394 e. The van der Waals surface area contributed by atoms with E-state index in [1.807, 2.05) is 12.1 Å². The van der Waals surface area contributed by atoms with Gasteiger partial charge >= 0.3 is 0 Å².